The highest BCUT2D eigenvalue weighted by Gasteiger charge is 2.52. The Morgan fingerprint density at radius 1 is 0.641 bits per heavy atom. The van der Waals surface area contributed by atoms with Crippen LogP contribution in [0.25, 0.3) is 0 Å². The van der Waals surface area contributed by atoms with Gasteiger partial charge in [0.25, 0.3) is 0 Å². The first-order valence-electron chi connectivity index (χ1n) is 12.2. The average molecular weight is 567 g/mol. The van der Waals surface area contributed by atoms with Gasteiger partial charge in [-0.05, 0) is 24.3 Å². The Morgan fingerprint density at radius 2 is 1.00 bits per heavy atom. The summed E-state index contributed by atoms with van der Waals surface area (Å²) in [5, 5.41) is 62.6. The normalized spacial score (nSPS) is 34.7. The van der Waals surface area contributed by atoms with Crippen molar-refractivity contribution in [2.24, 2.45) is 0 Å². The number of aliphatic hydroxyl groups excluding tert-OH is 6. The molecule has 2 heterocycles. The van der Waals surface area contributed by atoms with Crippen molar-refractivity contribution in [1.82, 2.24) is 0 Å². The molecule has 0 amide bonds. The average Bonchev–Trinajstić information content (AvgIpc) is 2.96. The van der Waals surface area contributed by atoms with Crippen molar-refractivity contribution in [3.05, 3.63) is 71.8 Å². The summed E-state index contributed by atoms with van der Waals surface area (Å²) in [6.45, 7) is -1.37. The van der Waals surface area contributed by atoms with Gasteiger partial charge in [-0.2, -0.15) is 0 Å². The van der Waals surface area contributed by atoms with Crippen LogP contribution in [0.15, 0.2) is 60.7 Å². The fourth-order valence-electron chi connectivity index (χ4n) is 4.27. The largest absolute Gasteiger partial charge is 0.453 e. The molecule has 0 spiro atoms. The Kier molecular flexibility index (Phi) is 9.93. The van der Waals surface area contributed by atoms with Crippen LogP contribution in [0, 0.1) is 0 Å². The summed E-state index contributed by atoms with van der Waals surface area (Å²) < 4.78 is 21.9. The molecule has 2 aliphatic heterocycles. The van der Waals surface area contributed by atoms with Crippen molar-refractivity contribution in [3.8, 4) is 0 Å². The second-order valence-corrected chi connectivity index (χ2v) is 10.2. The lowest BCUT2D eigenvalue weighted by atomic mass is 9.99. The molecule has 4 rings (SSSR count). The van der Waals surface area contributed by atoms with E-state index >= 15 is 0 Å². The Labute approximate surface area is 227 Å². The lowest BCUT2D eigenvalue weighted by molar-refractivity contribution is -0.215. The summed E-state index contributed by atoms with van der Waals surface area (Å²) in [5.74, 6) is -1.65. The molecule has 0 bridgehead atoms. The minimum atomic E-state index is -1.65. The zero-order chi connectivity index (χ0) is 28.1. The standard InChI is InChI=1S/C26H30O12S/c27-11-15-17(29)21(37-23(33)13-7-3-1-4-8-13)19(31)25(35-15)39-26-20(32)22(18(30)16(12-28)36-26)38-24(34)14-9-5-2-6-10-14/h1-10,15-22,25-32H,11-12H2/t15-,16-,17+,18+,19-,20-,21+,22+,25+,26+/m1/s1. The molecule has 10 atom stereocenters. The molecular formula is C26H30O12S. The molecule has 2 aliphatic rings. The molecule has 212 valence electrons. The van der Waals surface area contributed by atoms with E-state index < -0.39 is 84.9 Å². The topological polar surface area (TPSA) is 192 Å². The molecule has 0 saturated carbocycles. The summed E-state index contributed by atoms with van der Waals surface area (Å²) in [7, 11) is 0. The van der Waals surface area contributed by atoms with E-state index in [-0.39, 0.29) is 11.1 Å². The van der Waals surface area contributed by atoms with Gasteiger partial charge in [0, 0.05) is 0 Å². The summed E-state index contributed by atoms with van der Waals surface area (Å²) in [5.41, 5.74) is -2.30. The third-order valence-corrected chi connectivity index (χ3v) is 7.73. The molecule has 13 heteroatoms. The monoisotopic (exact) mass is 566 g/mol. The second kappa shape index (κ2) is 13.2. The smallest absolute Gasteiger partial charge is 0.338 e. The van der Waals surface area contributed by atoms with Crippen molar-refractivity contribution in [1.29, 1.82) is 0 Å². The van der Waals surface area contributed by atoms with Gasteiger partial charge in [-0.15, -0.1) is 0 Å². The number of hydrogen-bond acceptors (Lipinski definition) is 13. The van der Waals surface area contributed by atoms with E-state index in [0.717, 1.165) is 0 Å². The minimum Gasteiger partial charge on any atom is -0.453 e. The quantitative estimate of drug-likeness (QED) is 0.215. The second-order valence-electron chi connectivity index (χ2n) is 9.02. The van der Waals surface area contributed by atoms with Gasteiger partial charge in [-0.3, -0.25) is 0 Å². The highest BCUT2D eigenvalue weighted by Crippen LogP contribution is 2.38. The third-order valence-electron chi connectivity index (χ3n) is 6.42. The first-order chi connectivity index (χ1) is 18.7. The van der Waals surface area contributed by atoms with Gasteiger partial charge in [-0.25, -0.2) is 9.59 Å². The Hall–Kier alpha value is -2.59. The molecular weight excluding hydrogens is 536 g/mol. The van der Waals surface area contributed by atoms with Crippen molar-refractivity contribution in [2.45, 2.75) is 59.7 Å². The first kappa shape index (κ1) is 29.4. The van der Waals surface area contributed by atoms with Gasteiger partial charge in [0.05, 0.1) is 24.3 Å². The number of aliphatic hydroxyl groups is 6. The molecule has 0 aliphatic carbocycles. The molecule has 2 fully saturated rings. The number of benzene rings is 2. The van der Waals surface area contributed by atoms with Crippen molar-refractivity contribution < 1.29 is 59.2 Å². The number of esters is 2. The van der Waals surface area contributed by atoms with Crippen LogP contribution in [0.3, 0.4) is 0 Å². The van der Waals surface area contributed by atoms with Gasteiger partial charge in [0.1, 0.15) is 47.5 Å². The van der Waals surface area contributed by atoms with Crippen molar-refractivity contribution in [2.75, 3.05) is 13.2 Å². The van der Waals surface area contributed by atoms with Crippen molar-refractivity contribution in [3.63, 3.8) is 0 Å². The molecule has 6 N–H and O–H groups in total. The number of thioether (sulfide) groups is 1. The number of carbonyl (C=O) groups is 2. The van der Waals surface area contributed by atoms with Crippen LogP contribution in [0.1, 0.15) is 20.7 Å². The maximum atomic E-state index is 12.6. The Morgan fingerprint density at radius 3 is 1.33 bits per heavy atom. The van der Waals surface area contributed by atoms with Crippen LogP contribution in [0.5, 0.6) is 0 Å². The lowest BCUT2D eigenvalue weighted by Gasteiger charge is -2.45. The maximum Gasteiger partial charge on any atom is 0.338 e. The van der Waals surface area contributed by atoms with Crippen LogP contribution < -0.4 is 0 Å². The zero-order valence-corrected chi connectivity index (χ0v) is 21.3. The van der Waals surface area contributed by atoms with E-state index in [4.69, 9.17) is 18.9 Å². The van der Waals surface area contributed by atoms with Gasteiger partial charge < -0.3 is 49.6 Å². The van der Waals surface area contributed by atoms with E-state index in [2.05, 4.69) is 0 Å². The highest BCUT2D eigenvalue weighted by molar-refractivity contribution is 8.00. The number of rotatable bonds is 8. The third kappa shape index (κ3) is 6.60. The van der Waals surface area contributed by atoms with Crippen LogP contribution in [0.4, 0.5) is 0 Å². The molecule has 0 unspecified atom stereocenters. The van der Waals surface area contributed by atoms with Gasteiger partial charge >= 0.3 is 11.9 Å². The van der Waals surface area contributed by atoms with E-state index in [9.17, 15) is 40.2 Å². The molecule has 0 radical (unpaired) electrons. The number of carbonyl (C=O) groups excluding carboxylic acids is 2. The first-order valence-corrected chi connectivity index (χ1v) is 13.1. The Balaban J connectivity index is 1.51. The number of hydrogen-bond donors (Lipinski definition) is 6. The minimum absolute atomic E-state index is 0.169. The summed E-state index contributed by atoms with van der Waals surface area (Å²) in [4.78, 5) is 25.2. The summed E-state index contributed by atoms with van der Waals surface area (Å²) in [6, 6.07) is 15.8. The number of ether oxygens (including phenoxy) is 4. The van der Waals surface area contributed by atoms with Crippen LogP contribution in [-0.2, 0) is 18.9 Å². The predicted molar refractivity (Wildman–Crippen MR) is 134 cm³/mol. The lowest BCUT2D eigenvalue weighted by Crippen LogP contribution is -2.62. The SMILES string of the molecule is O=C(O[C@H]1[C@@H](O)[C@@H](CO)O[C@@H](S[C@@H]2O[C@H](CO)[C@H](O)[C@H](OC(=O)c3ccccc3)[C@H]2O)[C@@H]1O)c1ccccc1. The van der Waals surface area contributed by atoms with Crippen LogP contribution >= 0.6 is 11.8 Å². The Bertz CT molecular complexity index is 1000. The molecule has 2 aromatic carbocycles. The van der Waals surface area contributed by atoms with Crippen molar-refractivity contribution >= 4 is 23.7 Å². The molecule has 2 saturated heterocycles. The maximum absolute atomic E-state index is 12.6. The zero-order valence-electron chi connectivity index (χ0n) is 20.5. The fourth-order valence-corrected chi connectivity index (χ4v) is 5.58. The van der Waals surface area contributed by atoms with Crippen LogP contribution in [-0.4, -0.2) is 115 Å². The van der Waals surface area contributed by atoms with Gasteiger partial charge in [0.2, 0.25) is 0 Å². The van der Waals surface area contributed by atoms with E-state index in [1.165, 1.54) is 24.3 Å². The molecule has 2 aromatic rings. The predicted octanol–water partition coefficient (Wildman–Crippen LogP) is -0.951. The van der Waals surface area contributed by atoms with Gasteiger partial charge in [-0.1, -0.05) is 48.2 Å². The summed E-state index contributed by atoms with van der Waals surface area (Å²) >= 11 is 0.682. The van der Waals surface area contributed by atoms with E-state index in [1.54, 1.807) is 36.4 Å². The molecule has 39 heavy (non-hydrogen) atoms. The van der Waals surface area contributed by atoms with Crippen LogP contribution in [0.2, 0.25) is 0 Å². The highest BCUT2D eigenvalue weighted by atomic mass is 32.2. The van der Waals surface area contributed by atoms with E-state index in [0.29, 0.717) is 11.8 Å². The fraction of sp³-hybridized carbons (Fsp3) is 0.462. The molecule has 12 nitrogen and oxygen atoms in total. The summed E-state index contributed by atoms with van der Waals surface area (Å²) in [6.07, 6.45) is -12.1. The molecule has 0 aromatic heterocycles. The van der Waals surface area contributed by atoms with E-state index in [1.807, 2.05) is 0 Å². The van der Waals surface area contributed by atoms with Gasteiger partial charge in [0.15, 0.2) is 12.2 Å².